The molecule has 0 spiro atoms. The number of amides is 2. The third-order valence-electron chi connectivity index (χ3n) is 5.48. The lowest BCUT2D eigenvalue weighted by molar-refractivity contribution is 0.0941. The number of carbonyl (C=O) groups excluding carboxylic acids is 2. The van der Waals surface area contributed by atoms with Crippen molar-refractivity contribution in [1.82, 2.24) is 5.32 Å². The van der Waals surface area contributed by atoms with E-state index in [2.05, 4.69) is 5.32 Å². The Bertz CT molecular complexity index is 1230. The van der Waals surface area contributed by atoms with Crippen molar-refractivity contribution in [2.45, 2.75) is 29.7 Å². The topological polar surface area (TPSA) is 75.7 Å². The molecule has 1 N–H and O–H groups in total. The molecule has 1 aliphatic rings. The summed E-state index contributed by atoms with van der Waals surface area (Å²) in [5, 5.41) is 3.48. The first-order chi connectivity index (χ1) is 16.5. The lowest BCUT2D eigenvalue weighted by atomic mass is 10.1. The largest absolute Gasteiger partial charge is 0.382 e. The van der Waals surface area contributed by atoms with E-state index in [-0.39, 0.29) is 18.4 Å². The zero-order valence-corrected chi connectivity index (χ0v) is 20.3. The number of anilines is 1. The fourth-order valence-electron chi connectivity index (χ4n) is 3.76. The van der Waals surface area contributed by atoms with Gasteiger partial charge in [-0.1, -0.05) is 35.9 Å². The van der Waals surface area contributed by atoms with E-state index in [9.17, 15) is 13.8 Å². The third-order valence-corrected chi connectivity index (χ3v) is 7.24. The molecule has 6 nitrogen and oxygen atoms in total. The Balaban J connectivity index is 1.70. The van der Waals surface area contributed by atoms with Gasteiger partial charge in [0.05, 0.1) is 38.4 Å². The molecule has 0 saturated carbocycles. The van der Waals surface area contributed by atoms with Crippen LogP contribution in [0.5, 0.6) is 0 Å². The number of hydrogen-bond donors (Lipinski definition) is 1. The van der Waals surface area contributed by atoms with Crippen LogP contribution in [0.25, 0.3) is 0 Å². The van der Waals surface area contributed by atoms with E-state index in [1.807, 2.05) is 19.1 Å². The molecule has 8 heteroatoms. The molecule has 3 aromatic rings. The summed E-state index contributed by atoms with van der Waals surface area (Å²) in [6.45, 7) is 3.85. The van der Waals surface area contributed by atoms with Crippen molar-refractivity contribution in [2.24, 2.45) is 0 Å². The maximum atomic E-state index is 13.6. The Morgan fingerprint density at radius 1 is 1.06 bits per heavy atom. The van der Waals surface area contributed by atoms with Gasteiger partial charge in [-0.3, -0.25) is 9.59 Å². The van der Waals surface area contributed by atoms with E-state index < -0.39 is 10.8 Å². The van der Waals surface area contributed by atoms with Crippen LogP contribution in [0.2, 0.25) is 5.02 Å². The minimum absolute atomic E-state index is 0.244. The zero-order valence-electron chi connectivity index (χ0n) is 18.8. The molecule has 1 heterocycles. The van der Waals surface area contributed by atoms with E-state index in [0.29, 0.717) is 57.8 Å². The summed E-state index contributed by atoms with van der Waals surface area (Å²) in [7, 11) is -1.57. The minimum Gasteiger partial charge on any atom is -0.382 e. The fraction of sp³-hybridized carbons (Fsp3) is 0.231. The molecule has 0 aromatic heterocycles. The number of nitrogens with one attached hydrogen (secondary N) is 1. The predicted octanol–water partition coefficient (Wildman–Crippen LogP) is 4.82. The standard InChI is InChI=1S/C26H25ClN2O4S/c1-2-33-15-5-14-28-25(30)19-10-13-24-22(16-19)29(17-18-8-11-20(27)12-9-18)26(31)21-6-3-4-7-23(21)34(24)32/h3-4,6-13,16H,2,5,14-15,17H2,1H3,(H,28,30). The van der Waals surface area contributed by atoms with Gasteiger partial charge < -0.3 is 15.0 Å². The summed E-state index contributed by atoms with van der Waals surface area (Å²) in [4.78, 5) is 28.9. The number of hydrogen-bond acceptors (Lipinski definition) is 4. The Hall–Kier alpha value is -3.00. The van der Waals surface area contributed by atoms with Crippen LogP contribution in [0.4, 0.5) is 5.69 Å². The summed E-state index contributed by atoms with van der Waals surface area (Å²) in [6.07, 6.45) is 0.699. The highest BCUT2D eigenvalue weighted by Gasteiger charge is 2.31. The molecule has 1 aliphatic heterocycles. The van der Waals surface area contributed by atoms with Gasteiger partial charge in [-0.25, -0.2) is 4.21 Å². The molecule has 176 valence electrons. The molecule has 4 rings (SSSR count). The van der Waals surface area contributed by atoms with E-state index in [1.165, 1.54) is 0 Å². The highest BCUT2D eigenvalue weighted by atomic mass is 35.5. The molecule has 0 fully saturated rings. The highest BCUT2D eigenvalue weighted by Crippen LogP contribution is 2.36. The maximum absolute atomic E-state index is 13.6. The number of rotatable bonds is 8. The average molecular weight is 497 g/mol. The number of halogens is 1. The Morgan fingerprint density at radius 3 is 2.59 bits per heavy atom. The smallest absolute Gasteiger partial charge is 0.259 e. The molecule has 0 radical (unpaired) electrons. The second kappa shape index (κ2) is 11.0. The van der Waals surface area contributed by atoms with E-state index in [4.69, 9.17) is 16.3 Å². The van der Waals surface area contributed by atoms with E-state index in [1.54, 1.807) is 59.5 Å². The molecule has 0 saturated heterocycles. The number of nitrogens with zero attached hydrogens (tertiary/aromatic N) is 1. The zero-order chi connectivity index (χ0) is 24.1. The van der Waals surface area contributed by atoms with Crippen molar-refractivity contribution >= 4 is 39.9 Å². The Labute approximate surface area is 206 Å². The Morgan fingerprint density at radius 2 is 1.82 bits per heavy atom. The van der Waals surface area contributed by atoms with Gasteiger partial charge >= 0.3 is 0 Å². The molecule has 2 amide bonds. The van der Waals surface area contributed by atoms with E-state index >= 15 is 0 Å². The van der Waals surface area contributed by atoms with Gasteiger partial charge in [0, 0.05) is 30.3 Å². The monoisotopic (exact) mass is 496 g/mol. The minimum atomic E-state index is -1.57. The highest BCUT2D eigenvalue weighted by molar-refractivity contribution is 7.85. The lowest BCUT2D eigenvalue weighted by Crippen LogP contribution is -2.31. The summed E-state index contributed by atoms with van der Waals surface area (Å²) < 4.78 is 18.8. The van der Waals surface area contributed by atoms with Crippen LogP contribution in [0, 0.1) is 0 Å². The first-order valence-corrected chi connectivity index (χ1v) is 12.6. The van der Waals surface area contributed by atoms with Crippen LogP contribution < -0.4 is 10.2 Å². The van der Waals surface area contributed by atoms with E-state index in [0.717, 1.165) is 5.56 Å². The average Bonchev–Trinajstić information content (AvgIpc) is 2.94. The normalized spacial score (nSPS) is 14.8. The summed E-state index contributed by atoms with van der Waals surface area (Å²) in [5.74, 6) is -0.530. The van der Waals surface area contributed by atoms with Crippen LogP contribution in [0.3, 0.4) is 0 Å². The van der Waals surface area contributed by atoms with Crippen LogP contribution >= 0.6 is 11.6 Å². The van der Waals surface area contributed by atoms with Crippen LogP contribution in [-0.2, 0) is 22.1 Å². The molecule has 0 bridgehead atoms. The van der Waals surface area contributed by atoms with Crippen LogP contribution in [0.15, 0.2) is 76.5 Å². The van der Waals surface area contributed by atoms with Crippen LogP contribution in [-0.4, -0.2) is 35.8 Å². The van der Waals surface area contributed by atoms with Crippen molar-refractivity contribution in [1.29, 1.82) is 0 Å². The van der Waals surface area contributed by atoms with Gasteiger partial charge in [0.25, 0.3) is 11.8 Å². The van der Waals surface area contributed by atoms with Crippen molar-refractivity contribution in [3.05, 3.63) is 88.4 Å². The van der Waals surface area contributed by atoms with Crippen molar-refractivity contribution in [3.63, 3.8) is 0 Å². The number of ether oxygens (including phenoxy) is 1. The first-order valence-electron chi connectivity index (χ1n) is 11.1. The SMILES string of the molecule is CCOCCCNC(=O)c1ccc2c(c1)N(Cc1ccc(Cl)cc1)C(=O)c1ccccc1S2=O. The summed E-state index contributed by atoms with van der Waals surface area (Å²) in [6, 6.07) is 19.1. The van der Waals surface area contributed by atoms with Crippen molar-refractivity contribution < 1.29 is 18.5 Å². The van der Waals surface area contributed by atoms with Gasteiger partial charge in [0.2, 0.25) is 0 Å². The van der Waals surface area contributed by atoms with Crippen LogP contribution in [0.1, 0.15) is 39.6 Å². The first kappa shape index (κ1) is 24.1. The second-order valence-electron chi connectivity index (χ2n) is 7.77. The molecular weight excluding hydrogens is 472 g/mol. The fourth-order valence-corrected chi connectivity index (χ4v) is 5.23. The lowest BCUT2D eigenvalue weighted by Gasteiger charge is -2.23. The van der Waals surface area contributed by atoms with Gasteiger partial charge in [-0.15, -0.1) is 0 Å². The molecule has 1 atom stereocenters. The third kappa shape index (κ3) is 5.22. The van der Waals surface area contributed by atoms with Gasteiger partial charge in [0.1, 0.15) is 0 Å². The molecule has 34 heavy (non-hydrogen) atoms. The molecule has 1 unspecified atom stereocenters. The number of carbonyl (C=O) groups is 2. The Kier molecular flexibility index (Phi) is 7.77. The van der Waals surface area contributed by atoms with Crippen molar-refractivity contribution in [2.75, 3.05) is 24.7 Å². The van der Waals surface area contributed by atoms with Gasteiger partial charge in [0.15, 0.2) is 0 Å². The summed E-state index contributed by atoms with van der Waals surface area (Å²) >= 11 is 6.03. The number of benzene rings is 3. The van der Waals surface area contributed by atoms with Crippen molar-refractivity contribution in [3.8, 4) is 0 Å². The second-order valence-corrected chi connectivity index (χ2v) is 9.63. The maximum Gasteiger partial charge on any atom is 0.259 e. The van der Waals surface area contributed by atoms with Gasteiger partial charge in [-0.05, 0) is 61.4 Å². The number of fused-ring (bicyclic) bond motifs is 2. The quantitative estimate of drug-likeness (QED) is 0.453. The summed E-state index contributed by atoms with van der Waals surface area (Å²) in [5.41, 5.74) is 2.09. The molecule has 0 aliphatic carbocycles. The predicted molar refractivity (Wildman–Crippen MR) is 133 cm³/mol. The molecule has 3 aromatic carbocycles. The molecular formula is C26H25ClN2O4S. The van der Waals surface area contributed by atoms with Gasteiger partial charge in [-0.2, -0.15) is 0 Å².